The Morgan fingerprint density at radius 2 is 1.68 bits per heavy atom. The molecule has 0 radical (unpaired) electrons. The van der Waals surface area contributed by atoms with Gasteiger partial charge in [0.1, 0.15) is 0 Å². The summed E-state index contributed by atoms with van der Waals surface area (Å²) in [6.45, 7) is 0. The van der Waals surface area contributed by atoms with E-state index in [4.69, 9.17) is 23.2 Å². The van der Waals surface area contributed by atoms with E-state index in [0.29, 0.717) is 18.1 Å². The molecule has 2 aliphatic rings. The number of nitrogens with zero attached hydrogens (tertiary/aromatic N) is 1. The van der Waals surface area contributed by atoms with Crippen LogP contribution < -0.4 is 5.32 Å². The standard InChI is InChI=1S/C14H17Cl2FN2/c1-19-10-2-3-11(19)5-8(4-10)18-9-6-12(15)14(17)13(16)7-9/h6-8,10-11,18H,2-5H2,1H3. The third-order valence-electron chi connectivity index (χ3n) is 4.45. The van der Waals surface area contributed by atoms with Crippen molar-refractivity contribution in [2.45, 2.75) is 43.8 Å². The van der Waals surface area contributed by atoms with Crippen molar-refractivity contribution in [1.82, 2.24) is 4.90 Å². The van der Waals surface area contributed by atoms with Crippen LogP contribution in [0.15, 0.2) is 12.1 Å². The van der Waals surface area contributed by atoms with Crippen LogP contribution in [-0.2, 0) is 0 Å². The van der Waals surface area contributed by atoms with Gasteiger partial charge in [0.25, 0.3) is 0 Å². The van der Waals surface area contributed by atoms with Gasteiger partial charge in [0.15, 0.2) is 5.82 Å². The Kier molecular flexibility index (Phi) is 3.63. The van der Waals surface area contributed by atoms with Crippen molar-refractivity contribution in [3.8, 4) is 0 Å². The van der Waals surface area contributed by atoms with Crippen LogP contribution in [0.25, 0.3) is 0 Å². The number of hydrogen-bond acceptors (Lipinski definition) is 2. The highest BCUT2D eigenvalue weighted by atomic mass is 35.5. The van der Waals surface area contributed by atoms with Crippen molar-refractivity contribution in [1.29, 1.82) is 0 Å². The molecule has 3 rings (SSSR count). The predicted molar refractivity (Wildman–Crippen MR) is 77.6 cm³/mol. The second-order valence-corrected chi connectivity index (χ2v) is 6.43. The van der Waals surface area contributed by atoms with E-state index in [1.54, 1.807) is 12.1 Å². The third kappa shape index (κ3) is 2.56. The van der Waals surface area contributed by atoms with Gasteiger partial charge in [0.2, 0.25) is 0 Å². The normalized spacial score (nSPS) is 30.6. The average Bonchev–Trinajstić information content (AvgIpc) is 2.60. The quantitative estimate of drug-likeness (QED) is 0.825. The summed E-state index contributed by atoms with van der Waals surface area (Å²) in [5, 5.41) is 3.60. The van der Waals surface area contributed by atoms with Gasteiger partial charge in [-0.15, -0.1) is 0 Å². The summed E-state index contributed by atoms with van der Waals surface area (Å²) in [6, 6.07) is 4.99. The van der Waals surface area contributed by atoms with Gasteiger partial charge >= 0.3 is 0 Å². The number of rotatable bonds is 2. The summed E-state index contributed by atoms with van der Waals surface area (Å²) in [5.41, 5.74) is 0.811. The zero-order valence-corrected chi connectivity index (χ0v) is 12.3. The van der Waals surface area contributed by atoms with Gasteiger partial charge in [-0.3, -0.25) is 0 Å². The molecule has 2 atom stereocenters. The number of halogens is 3. The minimum absolute atomic E-state index is 0.0749. The highest BCUT2D eigenvalue weighted by Gasteiger charge is 2.38. The summed E-state index contributed by atoms with van der Waals surface area (Å²) in [5.74, 6) is -0.544. The maximum absolute atomic E-state index is 13.4. The van der Waals surface area contributed by atoms with Gasteiger partial charge in [-0.25, -0.2) is 4.39 Å². The highest BCUT2D eigenvalue weighted by molar-refractivity contribution is 6.35. The first-order valence-electron chi connectivity index (χ1n) is 6.67. The Hall–Kier alpha value is -0.510. The first-order chi connectivity index (χ1) is 9.04. The van der Waals surface area contributed by atoms with E-state index in [1.165, 1.54) is 12.8 Å². The molecule has 104 valence electrons. The molecule has 2 fully saturated rings. The fourth-order valence-corrected chi connectivity index (χ4v) is 3.89. The molecule has 2 aliphatic heterocycles. The topological polar surface area (TPSA) is 15.3 Å². The summed E-state index contributed by atoms with van der Waals surface area (Å²) in [6.07, 6.45) is 4.81. The number of hydrogen-bond donors (Lipinski definition) is 1. The van der Waals surface area contributed by atoms with E-state index in [0.717, 1.165) is 18.5 Å². The van der Waals surface area contributed by atoms with Crippen LogP contribution in [0, 0.1) is 5.82 Å². The molecule has 2 saturated heterocycles. The lowest BCUT2D eigenvalue weighted by Crippen LogP contribution is -2.44. The lowest BCUT2D eigenvalue weighted by Gasteiger charge is -2.37. The van der Waals surface area contributed by atoms with Gasteiger partial charge in [-0.1, -0.05) is 23.2 Å². The van der Waals surface area contributed by atoms with Crippen molar-refractivity contribution >= 4 is 28.9 Å². The zero-order valence-electron chi connectivity index (χ0n) is 10.8. The second-order valence-electron chi connectivity index (χ2n) is 5.62. The minimum Gasteiger partial charge on any atom is -0.382 e. The Morgan fingerprint density at radius 1 is 1.16 bits per heavy atom. The first-order valence-corrected chi connectivity index (χ1v) is 7.43. The Morgan fingerprint density at radius 3 is 2.21 bits per heavy atom. The van der Waals surface area contributed by atoms with Crippen LogP contribution >= 0.6 is 23.2 Å². The first kappa shape index (κ1) is 13.5. The molecule has 5 heteroatoms. The molecule has 0 spiro atoms. The fourth-order valence-electron chi connectivity index (χ4n) is 3.40. The number of piperidine rings is 1. The molecule has 2 bridgehead atoms. The van der Waals surface area contributed by atoms with Crippen LogP contribution in [0.3, 0.4) is 0 Å². The smallest absolute Gasteiger partial charge is 0.160 e. The average molecular weight is 303 g/mol. The SMILES string of the molecule is CN1C2CCC1CC(Nc1cc(Cl)c(F)c(Cl)c1)C2. The van der Waals surface area contributed by atoms with E-state index >= 15 is 0 Å². The number of nitrogens with one attached hydrogen (secondary N) is 1. The Balaban J connectivity index is 1.73. The number of benzene rings is 1. The number of anilines is 1. The molecule has 0 amide bonds. The van der Waals surface area contributed by atoms with Gasteiger partial charge in [0.05, 0.1) is 10.0 Å². The summed E-state index contributed by atoms with van der Waals surface area (Å²) in [7, 11) is 2.21. The van der Waals surface area contributed by atoms with Crippen LogP contribution in [0.5, 0.6) is 0 Å². The van der Waals surface area contributed by atoms with Crippen molar-refractivity contribution < 1.29 is 4.39 Å². The molecule has 2 nitrogen and oxygen atoms in total. The molecule has 1 aromatic rings. The molecular formula is C14H17Cl2FN2. The maximum atomic E-state index is 13.4. The second kappa shape index (κ2) is 5.12. The van der Waals surface area contributed by atoms with E-state index in [2.05, 4.69) is 17.3 Å². The Bertz CT molecular complexity index is 457. The summed E-state index contributed by atoms with van der Waals surface area (Å²) < 4.78 is 13.4. The minimum atomic E-state index is -0.544. The molecule has 2 heterocycles. The zero-order chi connectivity index (χ0) is 13.6. The van der Waals surface area contributed by atoms with Gasteiger partial charge in [0, 0.05) is 23.8 Å². The summed E-state index contributed by atoms with van der Waals surface area (Å²) in [4.78, 5) is 2.49. The lowest BCUT2D eigenvalue weighted by atomic mass is 9.98. The monoisotopic (exact) mass is 302 g/mol. The maximum Gasteiger partial charge on any atom is 0.160 e. The van der Waals surface area contributed by atoms with Gasteiger partial charge < -0.3 is 10.2 Å². The fraction of sp³-hybridized carbons (Fsp3) is 0.571. The Labute approximate surface area is 122 Å². The van der Waals surface area contributed by atoms with Gasteiger partial charge in [-0.05, 0) is 44.9 Å². The van der Waals surface area contributed by atoms with Crippen molar-refractivity contribution in [3.63, 3.8) is 0 Å². The molecule has 0 saturated carbocycles. The largest absolute Gasteiger partial charge is 0.382 e. The highest BCUT2D eigenvalue weighted by Crippen LogP contribution is 2.36. The van der Waals surface area contributed by atoms with Crippen molar-refractivity contribution in [2.24, 2.45) is 0 Å². The van der Waals surface area contributed by atoms with E-state index in [-0.39, 0.29) is 10.0 Å². The predicted octanol–water partition coefficient (Wildman–Crippen LogP) is 4.17. The van der Waals surface area contributed by atoms with Crippen molar-refractivity contribution in [3.05, 3.63) is 28.0 Å². The number of fused-ring (bicyclic) bond motifs is 2. The summed E-state index contributed by atoms with van der Waals surface area (Å²) >= 11 is 11.6. The van der Waals surface area contributed by atoms with Crippen LogP contribution in [0.2, 0.25) is 10.0 Å². The molecule has 0 aliphatic carbocycles. The molecular weight excluding hydrogens is 286 g/mol. The van der Waals surface area contributed by atoms with E-state index < -0.39 is 5.82 Å². The molecule has 0 aromatic heterocycles. The van der Waals surface area contributed by atoms with Crippen molar-refractivity contribution in [2.75, 3.05) is 12.4 Å². The molecule has 2 unspecified atom stereocenters. The molecule has 1 aromatic carbocycles. The van der Waals surface area contributed by atoms with Crippen LogP contribution in [-0.4, -0.2) is 30.1 Å². The third-order valence-corrected chi connectivity index (χ3v) is 5.00. The molecule has 1 N–H and O–H groups in total. The van der Waals surface area contributed by atoms with Crippen LogP contribution in [0.4, 0.5) is 10.1 Å². The van der Waals surface area contributed by atoms with E-state index in [1.807, 2.05) is 0 Å². The van der Waals surface area contributed by atoms with E-state index in [9.17, 15) is 4.39 Å². The van der Waals surface area contributed by atoms with Gasteiger partial charge in [-0.2, -0.15) is 0 Å². The van der Waals surface area contributed by atoms with Crippen LogP contribution in [0.1, 0.15) is 25.7 Å². The molecule has 19 heavy (non-hydrogen) atoms. The lowest BCUT2D eigenvalue weighted by molar-refractivity contribution is 0.169.